The number of ether oxygens (including phenoxy) is 1. The zero-order valence-corrected chi connectivity index (χ0v) is 11.6. The molecule has 2 rings (SSSR count). The van der Waals surface area contributed by atoms with Crippen LogP contribution in [0.5, 0.6) is 0 Å². The molecule has 1 aliphatic rings. The molecule has 1 aliphatic carbocycles. The Kier molecular flexibility index (Phi) is 3.97. The smallest absolute Gasteiger partial charge is 0.106 e. The van der Waals surface area contributed by atoms with Crippen molar-refractivity contribution in [2.45, 2.75) is 44.5 Å². The zero-order chi connectivity index (χ0) is 13.3. The van der Waals surface area contributed by atoms with Crippen molar-refractivity contribution in [3.8, 4) is 0 Å². The summed E-state index contributed by atoms with van der Waals surface area (Å²) in [5, 5.41) is 10.3. The summed E-state index contributed by atoms with van der Waals surface area (Å²) in [5.41, 5.74) is 7.77. The van der Waals surface area contributed by atoms with Crippen molar-refractivity contribution >= 4 is 11.6 Å². The molecular formula is C14H20ClNO2. The van der Waals surface area contributed by atoms with Gasteiger partial charge in [-0.05, 0) is 49.9 Å². The van der Waals surface area contributed by atoms with Crippen molar-refractivity contribution in [2.75, 3.05) is 6.54 Å². The summed E-state index contributed by atoms with van der Waals surface area (Å²) in [7, 11) is 0. The summed E-state index contributed by atoms with van der Waals surface area (Å²) in [6.45, 7) is 4.02. The molecular weight excluding hydrogens is 250 g/mol. The molecule has 18 heavy (non-hydrogen) atoms. The summed E-state index contributed by atoms with van der Waals surface area (Å²) >= 11 is 6.00. The van der Waals surface area contributed by atoms with Crippen LogP contribution in [0.25, 0.3) is 0 Å². The van der Waals surface area contributed by atoms with Crippen molar-refractivity contribution in [3.63, 3.8) is 0 Å². The fourth-order valence-corrected chi connectivity index (χ4v) is 2.72. The van der Waals surface area contributed by atoms with Gasteiger partial charge in [0, 0.05) is 11.6 Å². The van der Waals surface area contributed by atoms with Crippen LogP contribution in [-0.2, 0) is 16.8 Å². The number of benzene rings is 1. The maximum absolute atomic E-state index is 9.60. The molecule has 3 nitrogen and oxygen atoms in total. The van der Waals surface area contributed by atoms with E-state index >= 15 is 0 Å². The predicted molar refractivity (Wildman–Crippen MR) is 72.7 cm³/mol. The highest BCUT2D eigenvalue weighted by Crippen LogP contribution is 2.41. The van der Waals surface area contributed by atoms with E-state index in [0.717, 1.165) is 23.4 Å². The van der Waals surface area contributed by atoms with Gasteiger partial charge in [-0.2, -0.15) is 0 Å². The SMILES string of the molecule is CC(O)C(C)OC1(CN)CCc2cc(Cl)ccc21. The average molecular weight is 270 g/mol. The van der Waals surface area contributed by atoms with Gasteiger partial charge in [-0.15, -0.1) is 0 Å². The van der Waals surface area contributed by atoms with E-state index < -0.39 is 11.7 Å². The lowest BCUT2D eigenvalue weighted by molar-refractivity contribution is -0.123. The Hall–Kier alpha value is -0.610. The number of nitrogens with two attached hydrogens (primary N) is 1. The Bertz CT molecular complexity index is 436. The first-order valence-electron chi connectivity index (χ1n) is 6.33. The summed E-state index contributed by atoms with van der Waals surface area (Å²) in [6, 6.07) is 5.84. The van der Waals surface area contributed by atoms with Gasteiger partial charge in [0.2, 0.25) is 0 Å². The number of aliphatic hydroxyl groups excluding tert-OH is 1. The molecule has 1 aromatic carbocycles. The van der Waals surface area contributed by atoms with E-state index in [4.69, 9.17) is 22.1 Å². The van der Waals surface area contributed by atoms with E-state index in [1.807, 2.05) is 25.1 Å². The number of hydrogen-bond donors (Lipinski definition) is 2. The Balaban J connectivity index is 2.31. The number of aryl methyl sites for hydroxylation is 1. The lowest BCUT2D eigenvalue weighted by Crippen LogP contribution is -2.41. The Morgan fingerprint density at radius 2 is 2.22 bits per heavy atom. The maximum atomic E-state index is 9.60. The van der Waals surface area contributed by atoms with Gasteiger partial charge in [-0.25, -0.2) is 0 Å². The van der Waals surface area contributed by atoms with Gasteiger partial charge >= 0.3 is 0 Å². The Labute approximate surface area is 113 Å². The van der Waals surface area contributed by atoms with Crippen LogP contribution in [0, 0.1) is 0 Å². The molecule has 1 aromatic rings. The second-order valence-corrected chi connectivity index (χ2v) is 5.50. The molecule has 100 valence electrons. The van der Waals surface area contributed by atoms with Crippen LogP contribution in [0.3, 0.4) is 0 Å². The molecule has 0 bridgehead atoms. The third kappa shape index (κ3) is 2.41. The van der Waals surface area contributed by atoms with Gasteiger partial charge in [0.25, 0.3) is 0 Å². The molecule has 4 heteroatoms. The Morgan fingerprint density at radius 1 is 1.50 bits per heavy atom. The van der Waals surface area contributed by atoms with Gasteiger partial charge in [0.1, 0.15) is 5.60 Å². The van der Waals surface area contributed by atoms with E-state index in [0.29, 0.717) is 6.54 Å². The van der Waals surface area contributed by atoms with Crippen LogP contribution in [0.4, 0.5) is 0 Å². The normalized spacial score (nSPS) is 25.8. The van der Waals surface area contributed by atoms with Gasteiger partial charge in [-0.1, -0.05) is 17.7 Å². The van der Waals surface area contributed by atoms with E-state index in [1.165, 1.54) is 5.56 Å². The van der Waals surface area contributed by atoms with Crippen LogP contribution in [0.2, 0.25) is 5.02 Å². The van der Waals surface area contributed by atoms with Crippen molar-refractivity contribution in [2.24, 2.45) is 5.73 Å². The summed E-state index contributed by atoms with van der Waals surface area (Å²) in [6.07, 6.45) is 1.01. The molecule has 0 heterocycles. The minimum Gasteiger partial charge on any atom is -0.391 e. The van der Waals surface area contributed by atoms with E-state index in [1.54, 1.807) is 6.92 Å². The van der Waals surface area contributed by atoms with Crippen molar-refractivity contribution in [1.29, 1.82) is 0 Å². The van der Waals surface area contributed by atoms with E-state index in [9.17, 15) is 5.11 Å². The number of fused-ring (bicyclic) bond motifs is 1. The van der Waals surface area contributed by atoms with Crippen LogP contribution in [0.1, 0.15) is 31.4 Å². The molecule has 0 aliphatic heterocycles. The topological polar surface area (TPSA) is 55.5 Å². The lowest BCUT2D eigenvalue weighted by atomic mass is 9.95. The maximum Gasteiger partial charge on any atom is 0.106 e. The molecule has 3 atom stereocenters. The van der Waals surface area contributed by atoms with Crippen LogP contribution >= 0.6 is 11.6 Å². The van der Waals surface area contributed by atoms with Gasteiger partial charge in [-0.3, -0.25) is 0 Å². The fraction of sp³-hybridized carbons (Fsp3) is 0.571. The average Bonchev–Trinajstić information content (AvgIpc) is 2.68. The number of rotatable bonds is 4. The molecule has 0 spiro atoms. The third-order valence-electron chi connectivity index (χ3n) is 3.78. The first-order chi connectivity index (χ1) is 8.48. The first-order valence-corrected chi connectivity index (χ1v) is 6.71. The molecule has 0 saturated carbocycles. The van der Waals surface area contributed by atoms with Crippen LogP contribution < -0.4 is 5.73 Å². The highest BCUT2D eigenvalue weighted by molar-refractivity contribution is 6.30. The Morgan fingerprint density at radius 3 is 2.83 bits per heavy atom. The summed E-state index contributed by atoms with van der Waals surface area (Å²) in [5.74, 6) is 0. The molecule has 0 radical (unpaired) electrons. The summed E-state index contributed by atoms with van der Waals surface area (Å²) < 4.78 is 6.06. The van der Waals surface area contributed by atoms with Gasteiger partial charge in [0.15, 0.2) is 0 Å². The third-order valence-corrected chi connectivity index (χ3v) is 4.01. The first kappa shape index (κ1) is 13.8. The largest absolute Gasteiger partial charge is 0.391 e. The van der Waals surface area contributed by atoms with E-state index in [2.05, 4.69) is 0 Å². The highest BCUT2D eigenvalue weighted by Gasteiger charge is 2.40. The van der Waals surface area contributed by atoms with Gasteiger partial charge < -0.3 is 15.6 Å². The number of hydrogen-bond acceptors (Lipinski definition) is 3. The number of aliphatic hydroxyl groups is 1. The van der Waals surface area contributed by atoms with E-state index in [-0.39, 0.29) is 6.10 Å². The van der Waals surface area contributed by atoms with Crippen molar-refractivity contribution in [1.82, 2.24) is 0 Å². The lowest BCUT2D eigenvalue weighted by Gasteiger charge is -2.33. The van der Waals surface area contributed by atoms with Crippen molar-refractivity contribution < 1.29 is 9.84 Å². The van der Waals surface area contributed by atoms with Crippen molar-refractivity contribution in [3.05, 3.63) is 34.3 Å². The quantitative estimate of drug-likeness (QED) is 0.881. The molecule has 0 aromatic heterocycles. The molecule has 0 saturated heterocycles. The molecule has 0 fully saturated rings. The highest BCUT2D eigenvalue weighted by atomic mass is 35.5. The minimum atomic E-state index is -0.509. The zero-order valence-electron chi connectivity index (χ0n) is 10.8. The standard InChI is InChI=1S/C14H20ClNO2/c1-9(17)10(2)18-14(8-16)6-5-11-7-12(15)3-4-13(11)14/h3-4,7,9-10,17H,5-6,8,16H2,1-2H3. The second kappa shape index (κ2) is 5.17. The molecule has 3 unspecified atom stereocenters. The van der Waals surface area contributed by atoms with Crippen LogP contribution in [0.15, 0.2) is 18.2 Å². The molecule has 3 N–H and O–H groups in total. The molecule has 0 amide bonds. The number of halogens is 1. The van der Waals surface area contributed by atoms with Crippen LogP contribution in [-0.4, -0.2) is 23.9 Å². The monoisotopic (exact) mass is 269 g/mol. The minimum absolute atomic E-state index is 0.241. The van der Waals surface area contributed by atoms with Gasteiger partial charge in [0.05, 0.1) is 12.2 Å². The summed E-state index contributed by atoms with van der Waals surface area (Å²) in [4.78, 5) is 0. The fourth-order valence-electron chi connectivity index (χ4n) is 2.52. The second-order valence-electron chi connectivity index (χ2n) is 5.06. The predicted octanol–water partition coefficient (Wildman–Crippen LogP) is 2.23.